The number of amides is 3. The lowest BCUT2D eigenvalue weighted by Crippen LogP contribution is -2.45. The van der Waals surface area contributed by atoms with Gasteiger partial charge >= 0.3 is 0 Å². The number of imide groups is 1. The van der Waals surface area contributed by atoms with E-state index in [4.69, 9.17) is 0 Å². The third-order valence-electron chi connectivity index (χ3n) is 5.12. The first-order chi connectivity index (χ1) is 13.5. The summed E-state index contributed by atoms with van der Waals surface area (Å²) in [6, 6.07) is 6.43. The molecule has 0 N–H and O–H groups in total. The Morgan fingerprint density at radius 2 is 1.93 bits per heavy atom. The summed E-state index contributed by atoms with van der Waals surface area (Å²) < 4.78 is 14.0. The van der Waals surface area contributed by atoms with Gasteiger partial charge in [0, 0.05) is 37.4 Å². The zero-order valence-electron chi connectivity index (χ0n) is 15.1. The van der Waals surface area contributed by atoms with Crippen molar-refractivity contribution in [3.63, 3.8) is 0 Å². The molecule has 1 aromatic carbocycles. The van der Waals surface area contributed by atoms with Crippen molar-refractivity contribution in [2.75, 3.05) is 19.6 Å². The maximum absolute atomic E-state index is 14.0. The molecule has 0 bridgehead atoms. The predicted molar refractivity (Wildman–Crippen MR) is 99.8 cm³/mol. The van der Waals surface area contributed by atoms with E-state index >= 15 is 0 Å². The minimum Gasteiger partial charge on any atom is -0.340 e. The molecular formula is C19H19FN4O3S. The summed E-state index contributed by atoms with van der Waals surface area (Å²) in [5, 5.41) is 9.63. The summed E-state index contributed by atoms with van der Waals surface area (Å²) in [5.41, 5.74) is 0.418. The molecule has 9 heteroatoms. The van der Waals surface area contributed by atoms with E-state index < -0.39 is 0 Å². The second kappa shape index (κ2) is 7.75. The van der Waals surface area contributed by atoms with Gasteiger partial charge in [-0.1, -0.05) is 23.5 Å². The van der Waals surface area contributed by atoms with Gasteiger partial charge in [-0.3, -0.25) is 19.3 Å². The lowest BCUT2D eigenvalue weighted by atomic mass is 9.99. The van der Waals surface area contributed by atoms with Crippen molar-refractivity contribution in [1.82, 2.24) is 20.0 Å². The van der Waals surface area contributed by atoms with Crippen LogP contribution in [0.25, 0.3) is 10.6 Å². The molecule has 7 nitrogen and oxygen atoms in total. The van der Waals surface area contributed by atoms with Gasteiger partial charge in [0.15, 0.2) is 5.01 Å². The number of aromatic nitrogens is 2. The van der Waals surface area contributed by atoms with Crippen LogP contribution in [0, 0.1) is 5.82 Å². The quantitative estimate of drug-likeness (QED) is 0.732. The molecule has 0 saturated carbocycles. The summed E-state index contributed by atoms with van der Waals surface area (Å²) in [7, 11) is 0. The highest BCUT2D eigenvalue weighted by atomic mass is 32.1. The van der Waals surface area contributed by atoms with Crippen LogP contribution >= 0.6 is 11.3 Å². The number of carbonyl (C=O) groups excluding carboxylic acids is 3. The minimum absolute atomic E-state index is 0.0145. The predicted octanol–water partition coefficient (Wildman–Crippen LogP) is 2.20. The third kappa shape index (κ3) is 3.66. The van der Waals surface area contributed by atoms with Gasteiger partial charge in [-0.05, 0) is 25.0 Å². The molecule has 0 spiro atoms. The van der Waals surface area contributed by atoms with Crippen LogP contribution in [0.5, 0.6) is 0 Å². The average Bonchev–Trinajstić information content (AvgIpc) is 3.31. The molecule has 2 saturated heterocycles. The summed E-state index contributed by atoms with van der Waals surface area (Å²) in [4.78, 5) is 38.8. The first-order valence-electron chi connectivity index (χ1n) is 9.22. The highest BCUT2D eigenvalue weighted by Gasteiger charge is 2.34. The van der Waals surface area contributed by atoms with E-state index in [1.165, 1.54) is 17.4 Å². The zero-order valence-corrected chi connectivity index (χ0v) is 16.0. The van der Waals surface area contributed by atoms with Crippen LogP contribution in [0.2, 0.25) is 0 Å². The standard InChI is InChI=1S/C19H19FN4O3S/c20-14-6-2-1-5-13(14)19-22-21-18(28-19)12-4-3-9-23(10-12)17(27)11-24-15(25)7-8-16(24)26/h1-2,5-6,12H,3-4,7-11H2/t12-/m1/s1. The van der Waals surface area contributed by atoms with Crippen LogP contribution in [0.3, 0.4) is 0 Å². The summed E-state index contributed by atoms with van der Waals surface area (Å²) in [5.74, 6) is -1.13. The molecule has 3 heterocycles. The van der Waals surface area contributed by atoms with Crippen LogP contribution in [0.15, 0.2) is 24.3 Å². The van der Waals surface area contributed by atoms with Crippen molar-refractivity contribution < 1.29 is 18.8 Å². The van der Waals surface area contributed by atoms with Gasteiger partial charge < -0.3 is 4.90 Å². The monoisotopic (exact) mass is 402 g/mol. The maximum atomic E-state index is 14.0. The van der Waals surface area contributed by atoms with E-state index in [2.05, 4.69) is 10.2 Å². The molecule has 1 aromatic heterocycles. The molecular weight excluding hydrogens is 383 g/mol. The van der Waals surface area contributed by atoms with E-state index in [-0.39, 0.29) is 48.8 Å². The van der Waals surface area contributed by atoms with Crippen molar-refractivity contribution in [1.29, 1.82) is 0 Å². The van der Waals surface area contributed by atoms with E-state index in [0.29, 0.717) is 23.7 Å². The minimum atomic E-state index is -0.342. The third-order valence-corrected chi connectivity index (χ3v) is 6.24. The SMILES string of the molecule is O=C(CN1C(=O)CCC1=O)N1CCC[C@@H](c2nnc(-c3ccccc3F)s2)C1. The number of piperidine rings is 1. The molecule has 2 aliphatic rings. The van der Waals surface area contributed by atoms with Crippen LogP contribution in [-0.4, -0.2) is 57.4 Å². The molecule has 0 radical (unpaired) electrons. The number of rotatable bonds is 4. The molecule has 3 amide bonds. The fourth-order valence-electron chi connectivity index (χ4n) is 3.58. The number of carbonyl (C=O) groups is 3. The molecule has 0 unspecified atom stereocenters. The number of hydrogen-bond donors (Lipinski definition) is 0. The van der Waals surface area contributed by atoms with E-state index in [9.17, 15) is 18.8 Å². The molecule has 28 heavy (non-hydrogen) atoms. The second-order valence-corrected chi connectivity index (χ2v) is 7.99. The Hall–Kier alpha value is -2.68. The van der Waals surface area contributed by atoms with Gasteiger partial charge in [0.25, 0.3) is 0 Å². The fraction of sp³-hybridized carbons (Fsp3) is 0.421. The van der Waals surface area contributed by atoms with Gasteiger partial charge in [-0.15, -0.1) is 10.2 Å². The van der Waals surface area contributed by atoms with Crippen molar-refractivity contribution >= 4 is 29.1 Å². The summed E-state index contributed by atoms with van der Waals surface area (Å²) in [6.07, 6.45) is 2.01. The van der Waals surface area contributed by atoms with Crippen molar-refractivity contribution in [3.8, 4) is 10.6 Å². The number of hydrogen-bond acceptors (Lipinski definition) is 6. The number of likely N-dealkylation sites (tertiary alicyclic amines) is 2. The molecule has 1 atom stereocenters. The Bertz CT molecular complexity index is 915. The Morgan fingerprint density at radius 3 is 2.68 bits per heavy atom. The molecule has 2 fully saturated rings. The Balaban J connectivity index is 1.44. The normalized spacial score (nSPS) is 20.1. The fourth-order valence-corrected chi connectivity index (χ4v) is 4.58. The smallest absolute Gasteiger partial charge is 0.242 e. The van der Waals surface area contributed by atoms with E-state index in [1.54, 1.807) is 23.1 Å². The molecule has 146 valence electrons. The van der Waals surface area contributed by atoms with Gasteiger partial charge in [0.2, 0.25) is 17.7 Å². The summed E-state index contributed by atoms with van der Waals surface area (Å²) >= 11 is 1.34. The zero-order chi connectivity index (χ0) is 19.7. The molecule has 2 aromatic rings. The largest absolute Gasteiger partial charge is 0.340 e. The Labute approximate surface area is 165 Å². The van der Waals surface area contributed by atoms with Gasteiger partial charge in [-0.25, -0.2) is 4.39 Å². The van der Waals surface area contributed by atoms with Gasteiger partial charge in [-0.2, -0.15) is 0 Å². The number of nitrogens with zero attached hydrogens (tertiary/aromatic N) is 4. The maximum Gasteiger partial charge on any atom is 0.242 e. The lowest BCUT2D eigenvalue weighted by molar-refractivity contribution is -0.146. The van der Waals surface area contributed by atoms with Crippen LogP contribution in [0.1, 0.15) is 36.6 Å². The molecule has 4 rings (SSSR count). The highest BCUT2D eigenvalue weighted by Crippen LogP contribution is 2.33. The highest BCUT2D eigenvalue weighted by molar-refractivity contribution is 7.14. The lowest BCUT2D eigenvalue weighted by Gasteiger charge is -2.32. The first kappa shape index (κ1) is 18.7. The Kier molecular flexibility index (Phi) is 5.17. The topological polar surface area (TPSA) is 83.5 Å². The summed E-state index contributed by atoms with van der Waals surface area (Å²) in [6.45, 7) is 0.854. The van der Waals surface area contributed by atoms with Crippen LogP contribution in [-0.2, 0) is 14.4 Å². The van der Waals surface area contributed by atoms with Crippen molar-refractivity contribution in [3.05, 3.63) is 35.1 Å². The van der Waals surface area contributed by atoms with Gasteiger partial charge in [0.05, 0.1) is 0 Å². The molecule has 2 aliphatic heterocycles. The first-order valence-corrected chi connectivity index (χ1v) is 10.0. The Morgan fingerprint density at radius 1 is 1.18 bits per heavy atom. The number of halogens is 1. The van der Waals surface area contributed by atoms with E-state index in [0.717, 1.165) is 22.7 Å². The average molecular weight is 402 g/mol. The van der Waals surface area contributed by atoms with Gasteiger partial charge in [0.1, 0.15) is 17.4 Å². The van der Waals surface area contributed by atoms with E-state index in [1.807, 2.05) is 0 Å². The molecule has 0 aliphatic carbocycles. The van der Waals surface area contributed by atoms with Crippen molar-refractivity contribution in [2.45, 2.75) is 31.6 Å². The van der Waals surface area contributed by atoms with Crippen LogP contribution in [0.4, 0.5) is 4.39 Å². The second-order valence-electron chi connectivity index (χ2n) is 6.98. The van der Waals surface area contributed by atoms with Crippen LogP contribution < -0.4 is 0 Å². The number of benzene rings is 1. The van der Waals surface area contributed by atoms with Crippen molar-refractivity contribution in [2.24, 2.45) is 0 Å².